The molecule has 0 fully saturated rings. The highest BCUT2D eigenvalue weighted by atomic mass is 19.1. The van der Waals surface area contributed by atoms with E-state index in [1.807, 2.05) is 25.1 Å². The number of allylic oxidation sites excluding steroid dienone is 2. The minimum atomic E-state index is -1.06. The number of hydrogen-bond donors (Lipinski definition) is 1. The third-order valence-corrected chi connectivity index (χ3v) is 5.72. The maximum absolute atomic E-state index is 14.1. The molecule has 4 nitrogen and oxygen atoms in total. The summed E-state index contributed by atoms with van der Waals surface area (Å²) in [5, 5.41) is 9.46. The fourth-order valence-corrected chi connectivity index (χ4v) is 4.06. The van der Waals surface area contributed by atoms with Gasteiger partial charge in [0.25, 0.3) is 0 Å². The van der Waals surface area contributed by atoms with E-state index in [1.54, 1.807) is 19.1 Å². The van der Waals surface area contributed by atoms with Gasteiger partial charge in [-0.1, -0.05) is 23.8 Å². The number of carboxylic acids is 1. The van der Waals surface area contributed by atoms with Crippen molar-refractivity contribution in [1.82, 2.24) is 4.98 Å². The molecule has 0 bridgehead atoms. The van der Waals surface area contributed by atoms with E-state index in [-0.39, 0.29) is 17.9 Å². The summed E-state index contributed by atoms with van der Waals surface area (Å²) in [5.74, 6) is -1.83. The highest BCUT2D eigenvalue weighted by Crippen LogP contribution is 2.43. The van der Waals surface area contributed by atoms with Gasteiger partial charge < -0.3 is 9.84 Å². The van der Waals surface area contributed by atoms with E-state index < -0.39 is 17.6 Å². The summed E-state index contributed by atoms with van der Waals surface area (Å²) in [6, 6.07) is 13.0. The van der Waals surface area contributed by atoms with Crippen molar-refractivity contribution >= 4 is 17.1 Å². The number of aryl methyl sites for hydroxylation is 2. The van der Waals surface area contributed by atoms with Crippen molar-refractivity contribution in [2.45, 2.75) is 39.7 Å². The summed E-state index contributed by atoms with van der Waals surface area (Å²) in [4.78, 5) is 16.0. The number of hydrogen-bond acceptors (Lipinski definition) is 3. The lowest BCUT2D eigenvalue weighted by atomic mass is 9.97. The first-order chi connectivity index (χ1) is 15.3. The Balaban J connectivity index is 1.75. The molecular formula is C26H23F2NO3. The number of benzene rings is 2. The van der Waals surface area contributed by atoms with Gasteiger partial charge in [0.2, 0.25) is 0 Å². The zero-order chi connectivity index (χ0) is 22.8. The monoisotopic (exact) mass is 435 g/mol. The molecule has 0 saturated carbocycles. The number of rotatable bonds is 6. The van der Waals surface area contributed by atoms with E-state index in [4.69, 9.17) is 4.74 Å². The van der Waals surface area contributed by atoms with Crippen LogP contribution in [-0.2, 0) is 6.61 Å². The molecule has 1 N–H and O–H groups in total. The van der Waals surface area contributed by atoms with Crippen LogP contribution in [0.15, 0.2) is 48.5 Å². The van der Waals surface area contributed by atoms with Crippen molar-refractivity contribution in [2.24, 2.45) is 0 Å². The Morgan fingerprint density at radius 3 is 2.47 bits per heavy atom. The topological polar surface area (TPSA) is 59.4 Å². The fourth-order valence-electron chi connectivity index (χ4n) is 4.06. The van der Waals surface area contributed by atoms with Crippen LogP contribution in [0.5, 0.6) is 5.75 Å². The van der Waals surface area contributed by atoms with Crippen molar-refractivity contribution in [3.63, 3.8) is 0 Å². The molecule has 0 spiro atoms. The molecule has 1 aromatic heterocycles. The first kappa shape index (κ1) is 21.7. The molecular weight excluding hydrogens is 412 g/mol. The van der Waals surface area contributed by atoms with Crippen molar-refractivity contribution in [2.75, 3.05) is 0 Å². The van der Waals surface area contributed by atoms with Crippen LogP contribution < -0.4 is 4.74 Å². The van der Waals surface area contributed by atoms with Crippen LogP contribution in [0, 0.1) is 25.5 Å². The molecule has 1 aliphatic rings. The highest BCUT2D eigenvalue weighted by Gasteiger charge is 2.23. The average molecular weight is 435 g/mol. The highest BCUT2D eigenvalue weighted by molar-refractivity contribution is 5.95. The summed E-state index contributed by atoms with van der Waals surface area (Å²) in [6.45, 7) is 3.45. The van der Waals surface area contributed by atoms with Gasteiger partial charge in [-0.15, -0.1) is 0 Å². The van der Waals surface area contributed by atoms with E-state index in [0.717, 1.165) is 41.5 Å². The number of nitrogens with zero attached hydrogens (tertiary/aromatic N) is 1. The molecule has 2 aromatic carbocycles. The summed E-state index contributed by atoms with van der Waals surface area (Å²) in [6.07, 6.45) is 2.44. The SMILES string of the molecule is Cc1ccc(OCc2c(F)cccc2F)c(C2=C(c3ccc(C)c(C(=O)O)n3)CCC2)c1. The molecule has 164 valence electrons. The third-order valence-electron chi connectivity index (χ3n) is 5.72. The largest absolute Gasteiger partial charge is 0.488 e. The predicted octanol–water partition coefficient (Wildman–Crippen LogP) is 6.35. The zero-order valence-corrected chi connectivity index (χ0v) is 17.9. The molecule has 6 heteroatoms. The van der Waals surface area contributed by atoms with Gasteiger partial charge in [-0.25, -0.2) is 18.6 Å². The Morgan fingerprint density at radius 1 is 1.03 bits per heavy atom. The molecule has 0 atom stereocenters. The summed E-state index contributed by atoms with van der Waals surface area (Å²) >= 11 is 0. The average Bonchev–Trinajstić information content (AvgIpc) is 3.24. The van der Waals surface area contributed by atoms with Crippen LogP contribution >= 0.6 is 0 Å². The van der Waals surface area contributed by atoms with Crippen LogP contribution in [0.1, 0.15) is 57.7 Å². The molecule has 3 aromatic rings. The molecule has 4 rings (SSSR count). The van der Waals surface area contributed by atoms with Gasteiger partial charge in [-0.05, 0) is 80.2 Å². The lowest BCUT2D eigenvalue weighted by Crippen LogP contribution is -2.06. The molecule has 0 saturated heterocycles. The third kappa shape index (κ3) is 4.26. The molecule has 0 unspecified atom stereocenters. The van der Waals surface area contributed by atoms with Gasteiger partial charge in [0, 0.05) is 5.56 Å². The number of aromatic nitrogens is 1. The molecule has 0 aliphatic heterocycles. The quantitative estimate of drug-likeness (QED) is 0.490. The molecule has 1 heterocycles. The Morgan fingerprint density at radius 2 is 1.75 bits per heavy atom. The number of pyridine rings is 1. The minimum Gasteiger partial charge on any atom is -0.488 e. The number of carboxylic acid groups (broad SMARTS) is 1. The molecule has 0 amide bonds. The second-order valence-corrected chi connectivity index (χ2v) is 7.97. The van der Waals surface area contributed by atoms with Crippen LogP contribution in [0.2, 0.25) is 0 Å². The van der Waals surface area contributed by atoms with Gasteiger partial charge >= 0.3 is 5.97 Å². The molecule has 0 radical (unpaired) electrons. The number of carbonyl (C=O) groups is 1. The lowest BCUT2D eigenvalue weighted by molar-refractivity contribution is 0.0689. The van der Waals surface area contributed by atoms with Crippen LogP contribution in [0.3, 0.4) is 0 Å². The van der Waals surface area contributed by atoms with Gasteiger partial charge in [0.15, 0.2) is 5.69 Å². The van der Waals surface area contributed by atoms with E-state index >= 15 is 0 Å². The van der Waals surface area contributed by atoms with Gasteiger partial charge in [0.05, 0.1) is 11.3 Å². The fraction of sp³-hybridized carbons (Fsp3) is 0.231. The van der Waals surface area contributed by atoms with E-state index in [0.29, 0.717) is 17.0 Å². The van der Waals surface area contributed by atoms with E-state index in [2.05, 4.69) is 4.98 Å². The van der Waals surface area contributed by atoms with E-state index in [1.165, 1.54) is 18.2 Å². The van der Waals surface area contributed by atoms with Crippen molar-refractivity contribution < 1.29 is 23.4 Å². The maximum Gasteiger partial charge on any atom is 0.354 e. The van der Waals surface area contributed by atoms with E-state index in [9.17, 15) is 18.7 Å². The first-order valence-corrected chi connectivity index (χ1v) is 10.4. The van der Waals surface area contributed by atoms with Crippen molar-refractivity contribution in [3.8, 4) is 5.75 Å². The number of halogens is 2. The van der Waals surface area contributed by atoms with Crippen molar-refractivity contribution in [1.29, 1.82) is 0 Å². The zero-order valence-electron chi connectivity index (χ0n) is 17.9. The summed E-state index contributed by atoms with van der Waals surface area (Å²) in [7, 11) is 0. The number of aromatic carboxylic acids is 1. The summed E-state index contributed by atoms with van der Waals surface area (Å²) < 4.78 is 34.0. The van der Waals surface area contributed by atoms with Crippen LogP contribution in [-0.4, -0.2) is 16.1 Å². The number of ether oxygens (including phenoxy) is 1. The predicted molar refractivity (Wildman–Crippen MR) is 118 cm³/mol. The maximum atomic E-state index is 14.1. The van der Waals surface area contributed by atoms with Gasteiger partial charge in [-0.3, -0.25) is 0 Å². The van der Waals surface area contributed by atoms with Gasteiger partial charge in [0.1, 0.15) is 24.0 Å². The smallest absolute Gasteiger partial charge is 0.354 e. The Hall–Kier alpha value is -3.54. The lowest BCUT2D eigenvalue weighted by Gasteiger charge is -2.16. The summed E-state index contributed by atoms with van der Waals surface area (Å²) in [5.41, 5.74) is 5.01. The molecule has 32 heavy (non-hydrogen) atoms. The second-order valence-electron chi connectivity index (χ2n) is 7.97. The standard InChI is InChI=1S/C26H23F2NO3/c1-15-9-12-24(32-14-20-21(27)7-4-8-22(20)28)19(13-15)17-5-3-6-18(17)23-11-10-16(2)25(29-23)26(30)31/h4,7-13H,3,5-6,14H2,1-2H3,(H,30,31). The second kappa shape index (κ2) is 8.91. The minimum absolute atomic E-state index is 0.0389. The Bertz CT molecular complexity index is 1210. The van der Waals surface area contributed by atoms with Crippen molar-refractivity contribution in [3.05, 3.63) is 93.8 Å². The van der Waals surface area contributed by atoms with Crippen LogP contribution in [0.25, 0.3) is 11.1 Å². The Labute approximate surface area is 185 Å². The Kier molecular flexibility index (Phi) is 6.04. The first-order valence-electron chi connectivity index (χ1n) is 10.4. The van der Waals surface area contributed by atoms with Gasteiger partial charge in [-0.2, -0.15) is 0 Å². The van der Waals surface area contributed by atoms with Crippen LogP contribution in [0.4, 0.5) is 8.78 Å². The molecule has 1 aliphatic carbocycles. The normalized spacial score (nSPS) is 13.5.